The average Bonchev–Trinajstić information content (AvgIpc) is 2.20. The minimum atomic E-state index is 0.634. The van der Waals surface area contributed by atoms with Crippen LogP contribution in [-0.4, -0.2) is 17.4 Å². The highest BCUT2D eigenvalue weighted by Gasteiger charge is 2.00. The Kier molecular flexibility index (Phi) is 6.37. The monoisotopic (exact) mass is 310 g/mol. The van der Waals surface area contributed by atoms with Crippen molar-refractivity contribution >= 4 is 44.9 Å². The highest BCUT2D eigenvalue weighted by molar-refractivity contribution is 9.10. The van der Waals surface area contributed by atoms with E-state index in [1.807, 2.05) is 6.07 Å². The Morgan fingerprint density at radius 2 is 2.13 bits per heavy atom. The molecular weight excluding hydrogens is 299 g/mol. The van der Waals surface area contributed by atoms with Crippen LogP contribution in [0, 0.1) is 0 Å². The Labute approximate surface area is 108 Å². The Hall–Kier alpha value is 0.01000. The Balaban J connectivity index is 2.31. The molecule has 1 N–H and O–H groups in total. The van der Waals surface area contributed by atoms with Gasteiger partial charge in [0, 0.05) is 18.6 Å². The lowest BCUT2D eigenvalue weighted by Gasteiger charge is -2.06. The molecule has 0 radical (unpaired) electrons. The Morgan fingerprint density at radius 3 is 2.80 bits per heavy atom. The number of halogens is 3. The van der Waals surface area contributed by atoms with E-state index in [0.717, 1.165) is 42.0 Å². The zero-order valence-electron chi connectivity index (χ0n) is 8.27. The number of hydrogen-bond donors (Lipinski definition) is 1. The van der Waals surface area contributed by atoms with Crippen molar-refractivity contribution < 1.29 is 0 Å². The molecule has 0 saturated carbocycles. The molecule has 0 atom stereocenters. The highest BCUT2D eigenvalue weighted by Crippen LogP contribution is 2.22. The molecule has 0 unspecified atom stereocenters. The minimum absolute atomic E-state index is 0.634. The van der Waals surface area contributed by atoms with Crippen molar-refractivity contribution in [3.63, 3.8) is 0 Å². The third-order valence-corrected chi connectivity index (χ3v) is 2.99. The van der Waals surface area contributed by atoms with Crippen molar-refractivity contribution in [2.45, 2.75) is 19.3 Å². The minimum Gasteiger partial charge on any atom is -0.369 e. The van der Waals surface area contributed by atoms with Gasteiger partial charge < -0.3 is 5.32 Å². The van der Waals surface area contributed by atoms with E-state index in [4.69, 9.17) is 23.2 Å². The number of rotatable bonds is 6. The molecule has 15 heavy (non-hydrogen) atoms. The van der Waals surface area contributed by atoms with E-state index in [0.29, 0.717) is 5.02 Å². The molecule has 0 bridgehead atoms. The maximum atomic E-state index is 5.78. The van der Waals surface area contributed by atoms with Gasteiger partial charge in [-0.15, -0.1) is 11.6 Å². The van der Waals surface area contributed by atoms with Crippen molar-refractivity contribution in [2.75, 3.05) is 17.7 Å². The molecule has 0 aliphatic carbocycles. The van der Waals surface area contributed by atoms with Crippen LogP contribution in [0.25, 0.3) is 0 Å². The van der Waals surface area contributed by atoms with Crippen LogP contribution in [0.3, 0.4) is 0 Å². The zero-order valence-corrected chi connectivity index (χ0v) is 11.4. The van der Waals surface area contributed by atoms with Gasteiger partial charge in [-0.25, -0.2) is 4.98 Å². The summed E-state index contributed by atoms with van der Waals surface area (Å²) in [5.41, 5.74) is 0. The van der Waals surface area contributed by atoms with Crippen molar-refractivity contribution in [2.24, 2.45) is 0 Å². The standard InChI is InChI=1S/C10H13BrCl2N2/c11-9-6-8(13)7-15-10(9)14-5-3-1-2-4-12/h6-7H,1-5H2,(H,14,15). The number of aromatic nitrogens is 1. The first kappa shape index (κ1) is 13.1. The maximum Gasteiger partial charge on any atom is 0.140 e. The van der Waals surface area contributed by atoms with E-state index >= 15 is 0 Å². The van der Waals surface area contributed by atoms with E-state index in [2.05, 4.69) is 26.2 Å². The predicted molar refractivity (Wildman–Crippen MR) is 70.0 cm³/mol. The molecule has 1 aromatic heterocycles. The fraction of sp³-hybridized carbons (Fsp3) is 0.500. The SMILES string of the molecule is ClCCCCCNc1ncc(Cl)cc1Br. The van der Waals surface area contributed by atoms with Crippen LogP contribution in [-0.2, 0) is 0 Å². The first-order valence-electron chi connectivity index (χ1n) is 4.85. The summed E-state index contributed by atoms with van der Waals surface area (Å²) in [7, 11) is 0. The van der Waals surface area contributed by atoms with E-state index in [1.165, 1.54) is 0 Å². The molecule has 1 rings (SSSR count). The molecule has 0 saturated heterocycles. The normalized spacial score (nSPS) is 10.3. The lowest BCUT2D eigenvalue weighted by Crippen LogP contribution is -2.03. The Morgan fingerprint density at radius 1 is 1.33 bits per heavy atom. The van der Waals surface area contributed by atoms with Gasteiger partial charge >= 0.3 is 0 Å². The van der Waals surface area contributed by atoms with E-state index in [-0.39, 0.29) is 0 Å². The maximum absolute atomic E-state index is 5.78. The quantitative estimate of drug-likeness (QED) is 0.625. The summed E-state index contributed by atoms with van der Waals surface area (Å²) >= 11 is 14.8. The van der Waals surface area contributed by atoms with E-state index in [1.54, 1.807) is 6.20 Å². The second kappa shape index (κ2) is 7.31. The number of pyridine rings is 1. The molecule has 5 heteroatoms. The number of alkyl halides is 1. The smallest absolute Gasteiger partial charge is 0.140 e. The molecule has 0 spiro atoms. The van der Waals surface area contributed by atoms with Crippen LogP contribution in [0.2, 0.25) is 5.02 Å². The summed E-state index contributed by atoms with van der Waals surface area (Å²) in [5, 5.41) is 3.87. The fourth-order valence-corrected chi connectivity index (χ4v) is 2.12. The summed E-state index contributed by atoms with van der Waals surface area (Å²) in [6.07, 6.45) is 4.94. The predicted octanol–water partition coefficient (Wildman–Crippen LogP) is 4.32. The second-order valence-corrected chi connectivity index (χ2v) is 4.83. The van der Waals surface area contributed by atoms with Crippen LogP contribution in [0.4, 0.5) is 5.82 Å². The second-order valence-electron chi connectivity index (χ2n) is 3.16. The first-order chi connectivity index (χ1) is 7.24. The summed E-state index contributed by atoms with van der Waals surface area (Å²) < 4.78 is 0.896. The largest absolute Gasteiger partial charge is 0.369 e. The number of unbranched alkanes of at least 4 members (excludes halogenated alkanes) is 2. The van der Waals surface area contributed by atoms with Crippen molar-refractivity contribution in [1.82, 2.24) is 4.98 Å². The van der Waals surface area contributed by atoms with Gasteiger partial charge in [-0.3, -0.25) is 0 Å². The van der Waals surface area contributed by atoms with Gasteiger partial charge in [0.15, 0.2) is 0 Å². The van der Waals surface area contributed by atoms with Crippen LogP contribution >= 0.6 is 39.1 Å². The average molecular weight is 312 g/mol. The summed E-state index contributed by atoms with van der Waals surface area (Å²) in [6, 6.07) is 1.83. The first-order valence-corrected chi connectivity index (χ1v) is 6.55. The molecule has 1 heterocycles. The Bertz CT molecular complexity index is 307. The number of nitrogens with zero attached hydrogens (tertiary/aromatic N) is 1. The van der Waals surface area contributed by atoms with E-state index < -0.39 is 0 Å². The van der Waals surface area contributed by atoms with Crippen molar-refractivity contribution in [3.05, 3.63) is 21.8 Å². The third kappa shape index (κ3) is 5.05. The summed E-state index contributed by atoms with van der Waals surface area (Å²) in [5.74, 6) is 1.58. The van der Waals surface area contributed by atoms with Gasteiger partial charge in [0.05, 0.1) is 9.50 Å². The summed E-state index contributed by atoms with van der Waals surface area (Å²) in [6.45, 7) is 0.907. The van der Waals surface area contributed by atoms with Crippen LogP contribution in [0.15, 0.2) is 16.7 Å². The molecule has 0 fully saturated rings. The molecule has 1 aromatic rings. The van der Waals surface area contributed by atoms with Gasteiger partial charge in [-0.05, 0) is 34.8 Å². The number of anilines is 1. The molecule has 2 nitrogen and oxygen atoms in total. The molecule has 0 aliphatic heterocycles. The van der Waals surface area contributed by atoms with Gasteiger partial charge in [0.2, 0.25) is 0 Å². The molecule has 0 aliphatic rings. The van der Waals surface area contributed by atoms with Crippen LogP contribution < -0.4 is 5.32 Å². The van der Waals surface area contributed by atoms with E-state index in [9.17, 15) is 0 Å². The molecule has 0 aromatic carbocycles. The van der Waals surface area contributed by atoms with Gasteiger partial charge in [0.1, 0.15) is 5.82 Å². The molecule has 84 valence electrons. The summed E-state index contributed by atoms with van der Waals surface area (Å²) in [4.78, 5) is 4.18. The van der Waals surface area contributed by atoms with Crippen molar-refractivity contribution in [1.29, 1.82) is 0 Å². The number of nitrogens with one attached hydrogen (secondary N) is 1. The van der Waals surface area contributed by atoms with Gasteiger partial charge in [-0.2, -0.15) is 0 Å². The lowest BCUT2D eigenvalue weighted by atomic mass is 10.2. The van der Waals surface area contributed by atoms with Crippen LogP contribution in [0.5, 0.6) is 0 Å². The molecular formula is C10H13BrCl2N2. The van der Waals surface area contributed by atoms with Crippen molar-refractivity contribution in [3.8, 4) is 0 Å². The van der Waals surface area contributed by atoms with Crippen LogP contribution in [0.1, 0.15) is 19.3 Å². The molecule has 0 amide bonds. The highest BCUT2D eigenvalue weighted by atomic mass is 79.9. The number of hydrogen-bond acceptors (Lipinski definition) is 2. The topological polar surface area (TPSA) is 24.9 Å². The fourth-order valence-electron chi connectivity index (χ4n) is 1.15. The zero-order chi connectivity index (χ0) is 11.1. The van der Waals surface area contributed by atoms with Gasteiger partial charge in [0.25, 0.3) is 0 Å². The third-order valence-electron chi connectivity index (χ3n) is 1.91. The van der Waals surface area contributed by atoms with Gasteiger partial charge in [-0.1, -0.05) is 18.0 Å². The lowest BCUT2D eigenvalue weighted by molar-refractivity contribution is 0.745.